The SMILES string of the molecule is CC(C)(C#N)CCCOc1cc(F)c(Br)cc1N. The minimum atomic E-state index is -0.406. The lowest BCUT2D eigenvalue weighted by atomic mass is 9.90. The van der Waals surface area contributed by atoms with E-state index >= 15 is 0 Å². The molecule has 1 rings (SSSR count). The lowest BCUT2D eigenvalue weighted by Crippen LogP contribution is -2.10. The Morgan fingerprint density at radius 2 is 2.17 bits per heavy atom. The van der Waals surface area contributed by atoms with Crippen LogP contribution in [0.2, 0.25) is 0 Å². The van der Waals surface area contributed by atoms with E-state index in [2.05, 4.69) is 22.0 Å². The number of ether oxygens (including phenoxy) is 1. The highest BCUT2D eigenvalue weighted by Crippen LogP contribution is 2.29. The fraction of sp³-hybridized carbons (Fsp3) is 0.462. The van der Waals surface area contributed by atoms with Gasteiger partial charge in [-0.2, -0.15) is 5.26 Å². The van der Waals surface area contributed by atoms with Crippen LogP contribution in [0.4, 0.5) is 10.1 Å². The first-order valence-corrected chi connectivity index (χ1v) is 6.43. The molecule has 0 aliphatic rings. The van der Waals surface area contributed by atoms with Crippen molar-refractivity contribution in [3.8, 4) is 11.8 Å². The maximum absolute atomic E-state index is 13.3. The molecule has 0 bridgehead atoms. The number of nitrogen functional groups attached to an aromatic ring is 1. The number of hydrogen-bond donors (Lipinski definition) is 1. The van der Waals surface area contributed by atoms with Crippen LogP contribution in [0.3, 0.4) is 0 Å². The van der Waals surface area contributed by atoms with E-state index < -0.39 is 5.82 Å². The molecule has 0 aromatic heterocycles. The first-order chi connectivity index (χ1) is 8.35. The summed E-state index contributed by atoms with van der Waals surface area (Å²) in [7, 11) is 0. The van der Waals surface area contributed by atoms with E-state index in [4.69, 9.17) is 15.7 Å². The predicted molar refractivity (Wildman–Crippen MR) is 72.6 cm³/mol. The van der Waals surface area contributed by atoms with Crippen LogP contribution in [0, 0.1) is 22.6 Å². The Hall–Kier alpha value is -1.28. The van der Waals surface area contributed by atoms with Crippen LogP contribution in [-0.4, -0.2) is 6.61 Å². The van der Waals surface area contributed by atoms with Crippen molar-refractivity contribution < 1.29 is 9.13 Å². The molecule has 0 spiro atoms. The molecular weight excluding hydrogens is 299 g/mol. The Labute approximate surface area is 115 Å². The zero-order valence-corrected chi connectivity index (χ0v) is 12.1. The van der Waals surface area contributed by atoms with Crippen LogP contribution in [-0.2, 0) is 0 Å². The standard InChI is InChI=1S/C13H16BrFN2O/c1-13(2,8-16)4-3-5-18-12-7-10(15)9(14)6-11(12)17/h6-7H,3-5,17H2,1-2H3. The third-order valence-corrected chi connectivity index (χ3v) is 3.17. The molecule has 3 nitrogen and oxygen atoms in total. The Morgan fingerprint density at radius 3 is 2.78 bits per heavy atom. The van der Waals surface area contributed by atoms with E-state index in [1.807, 2.05) is 13.8 Å². The van der Waals surface area contributed by atoms with Crippen molar-refractivity contribution in [3.63, 3.8) is 0 Å². The van der Waals surface area contributed by atoms with Crippen LogP contribution in [0.25, 0.3) is 0 Å². The number of nitriles is 1. The fourth-order valence-electron chi connectivity index (χ4n) is 1.42. The van der Waals surface area contributed by atoms with Crippen LogP contribution in [0.15, 0.2) is 16.6 Å². The van der Waals surface area contributed by atoms with Gasteiger partial charge in [0, 0.05) is 6.07 Å². The summed E-state index contributed by atoms with van der Waals surface area (Å²) in [6, 6.07) is 4.96. The molecule has 0 aliphatic heterocycles. The van der Waals surface area contributed by atoms with E-state index in [0.29, 0.717) is 22.5 Å². The van der Waals surface area contributed by atoms with Crippen molar-refractivity contribution in [1.82, 2.24) is 0 Å². The summed E-state index contributed by atoms with van der Waals surface area (Å²) in [6.07, 6.45) is 1.44. The van der Waals surface area contributed by atoms with Crippen LogP contribution < -0.4 is 10.5 Å². The first-order valence-electron chi connectivity index (χ1n) is 5.64. The first kappa shape index (κ1) is 14.8. The molecule has 0 atom stereocenters. The lowest BCUT2D eigenvalue weighted by molar-refractivity contribution is 0.284. The minimum Gasteiger partial charge on any atom is -0.491 e. The molecule has 2 N–H and O–H groups in total. The highest BCUT2D eigenvalue weighted by Gasteiger charge is 2.16. The number of benzene rings is 1. The summed E-state index contributed by atoms with van der Waals surface area (Å²) in [5, 5.41) is 8.86. The molecule has 1 aromatic rings. The maximum atomic E-state index is 13.3. The molecule has 0 saturated carbocycles. The predicted octanol–water partition coefficient (Wildman–Crippen LogP) is 3.88. The molecular formula is C13H16BrFN2O. The topological polar surface area (TPSA) is 59.0 Å². The molecule has 0 unspecified atom stereocenters. The summed E-state index contributed by atoms with van der Waals surface area (Å²) < 4.78 is 19.0. The second-order valence-electron chi connectivity index (χ2n) is 4.75. The zero-order valence-electron chi connectivity index (χ0n) is 10.5. The van der Waals surface area contributed by atoms with E-state index in [9.17, 15) is 4.39 Å². The number of nitrogens with two attached hydrogens (primary N) is 1. The van der Waals surface area contributed by atoms with Crippen molar-refractivity contribution in [3.05, 3.63) is 22.4 Å². The highest BCUT2D eigenvalue weighted by atomic mass is 79.9. The fourth-order valence-corrected chi connectivity index (χ4v) is 1.78. The molecule has 0 aliphatic carbocycles. The molecule has 98 valence electrons. The average Bonchev–Trinajstić information content (AvgIpc) is 2.31. The van der Waals surface area contributed by atoms with E-state index in [1.54, 1.807) is 0 Å². The Morgan fingerprint density at radius 1 is 1.50 bits per heavy atom. The zero-order chi connectivity index (χ0) is 13.8. The van der Waals surface area contributed by atoms with Gasteiger partial charge < -0.3 is 10.5 Å². The Kier molecular flexibility index (Phi) is 4.97. The summed E-state index contributed by atoms with van der Waals surface area (Å²) in [5.74, 6) is -0.0676. The monoisotopic (exact) mass is 314 g/mol. The van der Waals surface area contributed by atoms with Crippen LogP contribution >= 0.6 is 15.9 Å². The summed E-state index contributed by atoms with van der Waals surface area (Å²) in [5.41, 5.74) is 5.74. The number of hydrogen-bond acceptors (Lipinski definition) is 3. The van der Waals surface area contributed by atoms with Gasteiger partial charge in [-0.3, -0.25) is 0 Å². The molecule has 5 heteroatoms. The van der Waals surface area contributed by atoms with Gasteiger partial charge in [0.1, 0.15) is 11.6 Å². The minimum absolute atomic E-state index is 0.318. The molecule has 0 saturated heterocycles. The van der Waals surface area contributed by atoms with E-state index in [-0.39, 0.29) is 5.41 Å². The molecule has 1 aromatic carbocycles. The van der Waals surface area contributed by atoms with Gasteiger partial charge in [0.15, 0.2) is 0 Å². The van der Waals surface area contributed by atoms with Gasteiger partial charge in [0.05, 0.1) is 28.3 Å². The van der Waals surface area contributed by atoms with Gasteiger partial charge in [-0.25, -0.2) is 4.39 Å². The maximum Gasteiger partial charge on any atom is 0.145 e. The van der Waals surface area contributed by atoms with Crippen LogP contribution in [0.5, 0.6) is 5.75 Å². The van der Waals surface area contributed by atoms with E-state index in [1.165, 1.54) is 12.1 Å². The van der Waals surface area contributed by atoms with Gasteiger partial charge in [0.2, 0.25) is 0 Å². The van der Waals surface area contributed by atoms with Gasteiger partial charge in [0.25, 0.3) is 0 Å². The second-order valence-corrected chi connectivity index (χ2v) is 5.61. The normalized spacial score (nSPS) is 11.1. The molecule has 0 radical (unpaired) electrons. The quantitative estimate of drug-likeness (QED) is 0.662. The van der Waals surface area contributed by atoms with Crippen molar-refractivity contribution in [1.29, 1.82) is 5.26 Å². The third kappa shape index (κ3) is 4.19. The van der Waals surface area contributed by atoms with Gasteiger partial charge in [-0.1, -0.05) is 0 Å². The molecule has 0 fully saturated rings. The van der Waals surface area contributed by atoms with Gasteiger partial charge >= 0.3 is 0 Å². The summed E-state index contributed by atoms with van der Waals surface area (Å²) >= 11 is 3.05. The van der Waals surface area contributed by atoms with E-state index in [0.717, 1.165) is 12.8 Å². The van der Waals surface area contributed by atoms with Crippen molar-refractivity contribution in [2.75, 3.05) is 12.3 Å². The third-order valence-electron chi connectivity index (χ3n) is 2.56. The summed E-state index contributed by atoms with van der Waals surface area (Å²) in [4.78, 5) is 0. The highest BCUT2D eigenvalue weighted by molar-refractivity contribution is 9.10. The van der Waals surface area contributed by atoms with Crippen LogP contribution in [0.1, 0.15) is 26.7 Å². The van der Waals surface area contributed by atoms with Crippen molar-refractivity contribution in [2.45, 2.75) is 26.7 Å². The second kappa shape index (κ2) is 6.05. The number of rotatable bonds is 5. The molecule has 0 amide bonds. The number of nitrogens with zero attached hydrogens (tertiary/aromatic N) is 1. The number of anilines is 1. The van der Waals surface area contributed by atoms with Gasteiger partial charge in [-0.05, 0) is 48.7 Å². The Bertz CT molecular complexity index is 469. The number of halogens is 2. The lowest BCUT2D eigenvalue weighted by Gasteiger charge is -2.15. The van der Waals surface area contributed by atoms with Gasteiger partial charge in [-0.15, -0.1) is 0 Å². The average molecular weight is 315 g/mol. The molecule has 0 heterocycles. The molecule has 18 heavy (non-hydrogen) atoms. The smallest absolute Gasteiger partial charge is 0.145 e. The summed E-state index contributed by atoms with van der Waals surface area (Å²) in [6.45, 7) is 4.16. The Balaban J connectivity index is 2.50. The largest absolute Gasteiger partial charge is 0.491 e. The van der Waals surface area contributed by atoms with Crippen molar-refractivity contribution in [2.24, 2.45) is 5.41 Å². The van der Waals surface area contributed by atoms with Crippen molar-refractivity contribution >= 4 is 21.6 Å².